The number of amides is 4. The Morgan fingerprint density at radius 2 is 1.94 bits per heavy atom. The summed E-state index contributed by atoms with van der Waals surface area (Å²) in [6.45, 7) is -0.253. The van der Waals surface area contributed by atoms with E-state index in [2.05, 4.69) is 10.6 Å². The van der Waals surface area contributed by atoms with Crippen molar-refractivity contribution in [2.45, 2.75) is 13.0 Å². The number of benzene rings is 2. The van der Waals surface area contributed by atoms with Crippen molar-refractivity contribution in [2.24, 2.45) is 5.92 Å². The SMILES string of the molecule is COc1ccc(Cl)cc1C[C@@H]1CNC(=O)CN(C(=O)NCc2ccc(C(=O)O)cc2)C1=O. The number of hydrogen-bond donors (Lipinski definition) is 3. The highest BCUT2D eigenvalue weighted by molar-refractivity contribution is 6.30. The molecule has 1 aliphatic heterocycles. The van der Waals surface area contributed by atoms with E-state index >= 15 is 0 Å². The number of nitrogens with one attached hydrogen (secondary N) is 2. The van der Waals surface area contributed by atoms with Crippen molar-refractivity contribution in [3.63, 3.8) is 0 Å². The van der Waals surface area contributed by atoms with Crippen molar-refractivity contribution in [1.29, 1.82) is 0 Å². The number of rotatable bonds is 6. The lowest BCUT2D eigenvalue weighted by Crippen LogP contribution is -2.47. The molecule has 1 saturated heterocycles. The molecule has 0 bridgehead atoms. The monoisotopic (exact) mass is 459 g/mol. The maximum atomic E-state index is 13.1. The summed E-state index contributed by atoms with van der Waals surface area (Å²) >= 11 is 6.07. The number of urea groups is 1. The van der Waals surface area contributed by atoms with E-state index in [0.29, 0.717) is 21.9 Å². The van der Waals surface area contributed by atoms with Gasteiger partial charge in [0.05, 0.1) is 18.6 Å². The van der Waals surface area contributed by atoms with Gasteiger partial charge in [-0.3, -0.25) is 14.5 Å². The summed E-state index contributed by atoms with van der Waals surface area (Å²) in [5.74, 6) is -2.12. The van der Waals surface area contributed by atoms with Crippen LogP contribution in [0.5, 0.6) is 5.75 Å². The first-order valence-electron chi connectivity index (χ1n) is 9.79. The summed E-state index contributed by atoms with van der Waals surface area (Å²) in [7, 11) is 1.51. The maximum absolute atomic E-state index is 13.1. The molecular formula is C22H22ClN3O6. The van der Waals surface area contributed by atoms with E-state index in [0.717, 1.165) is 4.90 Å². The molecule has 3 rings (SSSR count). The minimum atomic E-state index is -1.05. The van der Waals surface area contributed by atoms with Gasteiger partial charge in [-0.2, -0.15) is 0 Å². The Kier molecular flexibility index (Phi) is 7.32. The van der Waals surface area contributed by atoms with Crippen LogP contribution in [0.1, 0.15) is 21.5 Å². The topological polar surface area (TPSA) is 125 Å². The number of methoxy groups -OCH3 is 1. The molecule has 2 aromatic carbocycles. The second-order valence-electron chi connectivity index (χ2n) is 7.25. The number of nitrogens with zero attached hydrogens (tertiary/aromatic N) is 1. The summed E-state index contributed by atoms with van der Waals surface area (Å²) in [6, 6.07) is 10.3. The van der Waals surface area contributed by atoms with Crippen LogP contribution < -0.4 is 15.4 Å². The lowest BCUT2D eigenvalue weighted by atomic mass is 9.97. The first-order chi connectivity index (χ1) is 15.3. The second-order valence-corrected chi connectivity index (χ2v) is 7.68. The maximum Gasteiger partial charge on any atom is 0.335 e. The third kappa shape index (κ3) is 5.55. The van der Waals surface area contributed by atoms with Gasteiger partial charge in [0.1, 0.15) is 12.3 Å². The first kappa shape index (κ1) is 23.1. The molecule has 1 fully saturated rings. The molecular weight excluding hydrogens is 438 g/mol. The number of hydrogen-bond acceptors (Lipinski definition) is 5. The van der Waals surface area contributed by atoms with E-state index in [1.807, 2.05) is 0 Å². The molecule has 168 valence electrons. The Labute approximate surface area is 189 Å². The smallest absolute Gasteiger partial charge is 0.335 e. The van der Waals surface area contributed by atoms with E-state index in [1.165, 1.54) is 19.2 Å². The zero-order valence-corrected chi connectivity index (χ0v) is 18.0. The van der Waals surface area contributed by atoms with Gasteiger partial charge in [-0.25, -0.2) is 9.59 Å². The van der Waals surface area contributed by atoms with Crippen LogP contribution in [0.3, 0.4) is 0 Å². The molecule has 32 heavy (non-hydrogen) atoms. The first-order valence-corrected chi connectivity index (χ1v) is 10.2. The molecule has 10 heteroatoms. The van der Waals surface area contributed by atoms with E-state index < -0.39 is 36.3 Å². The van der Waals surface area contributed by atoms with Crippen molar-refractivity contribution < 1.29 is 29.0 Å². The average Bonchev–Trinajstić information content (AvgIpc) is 2.91. The van der Waals surface area contributed by atoms with E-state index in [1.54, 1.807) is 30.3 Å². The van der Waals surface area contributed by atoms with Crippen LogP contribution in [0, 0.1) is 5.92 Å². The van der Waals surface area contributed by atoms with Gasteiger partial charge in [-0.05, 0) is 47.9 Å². The summed E-state index contributed by atoms with van der Waals surface area (Å²) in [6.07, 6.45) is 0.225. The van der Waals surface area contributed by atoms with Gasteiger partial charge < -0.3 is 20.5 Å². The van der Waals surface area contributed by atoms with Gasteiger partial charge in [-0.1, -0.05) is 23.7 Å². The van der Waals surface area contributed by atoms with Gasteiger partial charge in [0.15, 0.2) is 0 Å². The number of halogens is 1. The molecule has 0 unspecified atom stereocenters. The molecule has 4 amide bonds. The fourth-order valence-electron chi connectivity index (χ4n) is 3.36. The van der Waals surface area contributed by atoms with E-state index in [9.17, 15) is 19.2 Å². The number of carbonyl (C=O) groups excluding carboxylic acids is 3. The molecule has 0 radical (unpaired) electrons. The highest BCUT2D eigenvalue weighted by Crippen LogP contribution is 2.26. The third-order valence-corrected chi connectivity index (χ3v) is 5.30. The number of imide groups is 1. The summed E-state index contributed by atoms with van der Waals surface area (Å²) < 4.78 is 5.33. The Hall–Kier alpha value is -3.59. The van der Waals surface area contributed by atoms with Crippen LogP contribution in [-0.2, 0) is 22.6 Å². The molecule has 0 spiro atoms. The minimum absolute atomic E-state index is 0.0664. The van der Waals surface area contributed by atoms with Crippen LogP contribution in [-0.4, -0.2) is 54.0 Å². The van der Waals surface area contributed by atoms with Crippen molar-refractivity contribution in [3.05, 3.63) is 64.2 Å². The highest BCUT2D eigenvalue weighted by Gasteiger charge is 2.34. The Balaban J connectivity index is 1.71. The van der Waals surface area contributed by atoms with E-state index in [4.69, 9.17) is 21.4 Å². The van der Waals surface area contributed by atoms with Crippen LogP contribution in [0.4, 0.5) is 4.79 Å². The minimum Gasteiger partial charge on any atom is -0.496 e. The predicted octanol–water partition coefficient (Wildman–Crippen LogP) is 2.07. The molecule has 0 aliphatic carbocycles. The standard InChI is InChI=1S/C22H22ClN3O6/c1-32-18-7-6-17(23)9-15(18)8-16-11-24-19(27)12-26(20(16)28)22(31)25-10-13-2-4-14(5-3-13)21(29)30/h2-7,9,16H,8,10-12H2,1H3,(H,24,27)(H,25,31)(H,29,30)/t16-/m1/s1. The van der Waals surface area contributed by atoms with Gasteiger partial charge in [-0.15, -0.1) is 0 Å². The molecule has 1 heterocycles. The fraction of sp³-hybridized carbons (Fsp3) is 0.273. The van der Waals surface area contributed by atoms with Crippen LogP contribution >= 0.6 is 11.6 Å². The second kappa shape index (κ2) is 10.1. The normalized spacial score (nSPS) is 16.2. The Morgan fingerprint density at radius 1 is 1.22 bits per heavy atom. The summed E-state index contributed by atoms with van der Waals surface area (Å²) in [5, 5.41) is 14.7. The van der Waals surface area contributed by atoms with Crippen molar-refractivity contribution in [1.82, 2.24) is 15.5 Å². The molecule has 0 saturated carbocycles. The predicted molar refractivity (Wildman–Crippen MR) is 116 cm³/mol. The van der Waals surface area contributed by atoms with Crippen molar-refractivity contribution in [2.75, 3.05) is 20.2 Å². The zero-order chi connectivity index (χ0) is 23.3. The van der Waals surface area contributed by atoms with Gasteiger partial charge in [0, 0.05) is 18.1 Å². The Bertz CT molecular complexity index is 1040. The van der Waals surface area contributed by atoms with Crippen LogP contribution in [0.15, 0.2) is 42.5 Å². The molecule has 1 atom stereocenters. The molecule has 3 N–H and O–H groups in total. The fourth-order valence-corrected chi connectivity index (χ4v) is 3.56. The van der Waals surface area contributed by atoms with Crippen molar-refractivity contribution >= 4 is 35.4 Å². The summed E-state index contributed by atoms with van der Waals surface area (Å²) in [5.41, 5.74) is 1.46. The molecule has 2 aromatic rings. The number of carbonyl (C=O) groups is 4. The summed E-state index contributed by atoms with van der Waals surface area (Å²) in [4.78, 5) is 49.7. The lowest BCUT2D eigenvalue weighted by Gasteiger charge is -2.22. The largest absolute Gasteiger partial charge is 0.496 e. The third-order valence-electron chi connectivity index (χ3n) is 5.06. The molecule has 0 aromatic heterocycles. The zero-order valence-electron chi connectivity index (χ0n) is 17.3. The average molecular weight is 460 g/mol. The molecule has 9 nitrogen and oxygen atoms in total. The van der Waals surface area contributed by atoms with Gasteiger partial charge >= 0.3 is 12.0 Å². The Morgan fingerprint density at radius 3 is 2.59 bits per heavy atom. The number of carboxylic acid groups (broad SMARTS) is 1. The quantitative estimate of drug-likeness (QED) is 0.607. The van der Waals surface area contributed by atoms with Crippen LogP contribution in [0.2, 0.25) is 5.02 Å². The van der Waals surface area contributed by atoms with Gasteiger partial charge in [0.2, 0.25) is 11.8 Å². The highest BCUT2D eigenvalue weighted by atomic mass is 35.5. The number of carboxylic acids is 1. The van der Waals surface area contributed by atoms with Crippen molar-refractivity contribution in [3.8, 4) is 5.75 Å². The van der Waals surface area contributed by atoms with Gasteiger partial charge in [0.25, 0.3) is 0 Å². The van der Waals surface area contributed by atoms with Crippen LogP contribution in [0.25, 0.3) is 0 Å². The molecule has 1 aliphatic rings. The lowest BCUT2D eigenvalue weighted by molar-refractivity contribution is -0.133. The number of aromatic carboxylic acids is 1. The number of ether oxygens (including phenoxy) is 1. The van der Waals surface area contributed by atoms with E-state index in [-0.39, 0.29) is 25.1 Å².